The number of carbonyl (C=O) groups excluding carboxylic acids is 2. The second-order valence-electron chi connectivity index (χ2n) is 6.67. The molecule has 0 aliphatic rings. The lowest BCUT2D eigenvalue weighted by atomic mass is 9.97. The first-order chi connectivity index (χ1) is 15.1. The lowest BCUT2D eigenvalue weighted by Crippen LogP contribution is -2.22. The van der Waals surface area contributed by atoms with Gasteiger partial charge in [0, 0.05) is 11.8 Å². The van der Waals surface area contributed by atoms with Crippen LogP contribution in [0.3, 0.4) is 0 Å². The maximum absolute atomic E-state index is 13.4. The molecule has 0 aliphatic heterocycles. The highest BCUT2D eigenvalue weighted by atomic mass is 19.4. The van der Waals surface area contributed by atoms with Crippen molar-refractivity contribution in [3.63, 3.8) is 0 Å². The van der Waals surface area contributed by atoms with E-state index < -0.39 is 35.2 Å². The molecule has 0 aromatic heterocycles. The van der Waals surface area contributed by atoms with Crippen LogP contribution in [-0.4, -0.2) is 11.9 Å². The predicted molar refractivity (Wildman–Crippen MR) is 113 cm³/mol. The van der Waals surface area contributed by atoms with Crippen molar-refractivity contribution in [1.82, 2.24) is 0 Å². The molecule has 0 aliphatic carbocycles. The Labute approximate surface area is 180 Å². The highest BCUT2D eigenvalue weighted by Gasteiger charge is 2.34. The summed E-state index contributed by atoms with van der Waals surface area (Å²) in [7, 11) is 0. The Kier molecular flexibility index (Phi) is 6.58. The summed E-state index contributed by atoms with van der Waals surface area (Å²) in [6.45, 7) is 0. The SMILES string of the molecule is NC(=O)/C=C(/c1ccccc1)c1ccc(NC(=O)Nc2cc(F)ccc2C(F)(F)F)cc1. The van der Waals surface area contributed by atoms with Crippen molar-refractivity contribution in [3.05, 3.63) is 101 Å². The van der Waals surface area contributed by atoms with Gasteiger partial charge in [0.05, 0.1) is 11.3 Å². The quantitative estimate of drug-likeness (QED) is 0.364. The van der Waals surface area contributed by atoms with Crippen molar-refractivity contribution in [2.45, 2.75) is 6.18 Å². The van der Waals surface area contributed by atoms with Crippen LogP contribution in [0.4, 0.5) is 33.7 Å². The van der Waals surface area contributed by atoms with Gasteiger partial charge in [-0.25, -0.2) is 9.18 Å². The molecule has 0 spiro atoms. The Hall–Kier alpha value is -4.14. The lowest BCUT2D eigenvalue weighted by Gasteiger charge is -2.14. The van der Waals surface area contributed by atoms with E-state index in [0.717, 1.165) is 5.56 Å². The van der Waals surface area contributed by atoms with E-state index in [1.54, 1.807) is 36.4 Å². The fourth-order valence-corrected chi connectivity index (χ4v) is 2.98. The van der Waals surface area contributed by atoms with Gasteiger partial charge in [-0.05, 0) is 47.0 Å². The zero-order valence-corrected chi connectivity index (χ0v) is 16.4. The van der Waals surface area contributed by atoms with Crippen molar-refractivity contribution in [2.75, 3.05) is 10.6 Å². The first-order valence-corrected chi connectivity index (χ1v) is 9.25. The molecule has 164 valence electrons. The van der Waals surface area contributed by atoms with Crippen LogP contribution >= 0.6 is 0 Å². The average Bonchev–Trinajstić information content (AvgIpc) is 2.72. The minimum absolute atomic E-state index is 0.266. The number of primary amides is 1. The third-order valence-corrected chi connectivity index (χ3v) is 4.36. The minimum Gasteiger partial charge on any atom is -0.366 e. The highest BCUT2D eigenvalue weighted by Crippen LogP contribution is 2.35. The maximum Gasteiger partial charge on any atom is 0.418 e. The van der Waals surface area contributed by atoms with Crippen LogP contribution in [0.2, 0.25) is 0 Å². The molecule has 9 heteroatoms. The van der Waals surface area contributed by atoms with Gasteiger partial charge in [0.25, 0.3) is 0 Å². The fraction of sp³-hybridized carbons (Fsp3) is 0.0435. The minimum atomic E-state index is -4.77. The van der Waals surface area contributed by atoms with E-state index in [2.05, 4.69) is 5.32 Å². The number of halogens is 4. The summed E-state index contributed by atoms with van der Waals surface area (Å²) >= 11 is 0. The first-order valence-electron chi connectivity index (χ1n) is 9.25. The molecule has 0 unspecified atom stereocenters. The summed E-state index contributed by atoms with van der Waals surface area (Å²) in [6.07, 6.45) is -3.49. The smallest absolute Gasteiger partial charge is 0.366 e. The molecule has 4 N–H and O–H groups in total. The van der Waals surface area contributed by atoms with Gasteiger partial charge in [0.15, 0.2) is 0 Å². The molecule has 0 radical (unpaired) electrons. The number of urea groups is 1. The third kappa shape index (κ3) is 5.72. The normalized spacial score (nSPS) is 11.7. The largest absolute Gasteiger partial charge is 0.418 e. The highest BCUT2D eigenvalue weighted by molar-refractivity contribution is 6.01. The molecule has 5 nitrogen and oxygen atoms in total. The number of nitrogens with one attached hydrogen (secondary N) is 2. The number of benzene rings is 3. The van der Waals surface area contributed by atoms with E-state index in [1.165, 1.54) is 18.2 Å². The van der Waals surface area contributed by atoms with Gasteiger partial charge in [-0.15, -0.1) is 0 Å². The summed E-state index contributed by atoms with van der Waals surface area (Å²) in [5.74, 6) is -1.56. The van der Waals surface area contributed by atoms with E-state index >= 15 is 0 Å². The Morgan fingerprint density at radius 2 is 1.47 bits per heavy atom. The zero-order valence-electron chi connectivity index (χ0n) is 16.4. The van der Waals surface area contributed by atoms with Gasteiger partial charge in [-0.1, -0.05) is 42.5 Å². The maximum atomic E-state index is 13.4. The molecule has 0 saturated carbocycles. The lowest BCUT2D eigenvalue weighted by molar-refractivity contribution is -0.137. The summed E-state index contributed by atoms with van der Waals surface area (Å²) < 4.78 is 52.6. The molecule has 3 rings (SSSR count). The standard InChI is InChI=1S/C23H17F4N3O2/c24-16-8-11-19(23(25,26)27)20(12-16)30-22(32)29-17-9-6-15(7-10-17)18(13-21(28)31)14-4-2-1-3-5-14/h1-13H,(H2,28,31)(H2,29,30,32)/b18-13-. The number of rotatable bonds is 5. The molecule has 3 aromatic carbocycles. The summed E-state index contributed by atoms with van der Waals surface area (Å²) in [4.78, 5) is 23.6. The molecule has 32 heavy (non-hydrogen) atoms. The summed E-state index contributed by atoms with van der Waals surface area (Å²) in [6, 6.07) is 16.1. The monoisotopic (exact) mass is 443 g/mol. The summed E-state index contributed by atoms with van der Waals surface area (Å²) in [5, 5.41) is 4.40. The molecule has 0 saturated heterocycles. The van der Waals surface area contributed by atoms with Gasteiger partial charge in [0.1, 0.15) is 5.82 Å². The van der Waals surface area contributed by atoms with Crippen LogP contribution in [-0.2, 0) is 11.0 Å². The molecular weight excluding hydrogens is 426 g/mol. The van der Waals surface area contributed by atoms with E-state index in [1.807, 2.05) is 11.4 Å². The van der Waals surface area contributed by atoms with E-state index in [9.17, 15) is 27.2 Å². The Bertz CT molecular complexity index is 1160. The van der Waals surface area contributed by atoms with Gasteiger partial charge in [-0.2, -0.15) is 13.2 Å². The van der Waals surface area contributed by atoms with Crippen molar-refractivity contribution in [2.24, 2.45) is 5.73 Å². The number of carbonyl (C=O) groups is 2. The predicted octanol–water partition coefficient (Wildman–Crippen LogP) is 5.41. The molecule has 3 amide bonds. The topological polar surface area (TPSA) is 84.2 Å². The van der Waals surface area contributed by atoms with Crippen LogP contribution in [0.5, 0.6) is 0 Å². The van der Waals surface area contributed by atoms with Gasteiger partial charge in [-0.3, -0.25) is 4.79 Å². The Morgan fingerprint density at radius 1 is 0.844 bits per heavy atom. The molecule has 0 heterocycles. The number of nitrogens with two attached hydrogens (primary N) is 1. The number of hydrogen-bond donors (Lipinski definition) is 3. The number of amides is 3. The number of anilines is 2. The Morgan fingerprint density at radius 3 is 2.06 bits per heavy atom. The van der Waals surface area contributed by atoms with Crippen molar-refractivity contribution in [3.8, 4) is 0 Å². The van der Waals surface area contributed by atoms with Crippen LogP contribution in [0, 0.1) is 5.82 Å². The van der Waals surface area contributed by atoms with Gasteiger partial charge in [0.2, 0.25) is 5.91 Å². The van der Waals surface area contributed by atoms with E-state index in [-0.39, 0.29) is 5.69 Å². The summed E-state index contributed by atoms with van der Waals surface area (Å²) in [5.41, 5.74) is 5.63. The third-order valence-electron chi connectivity index (χ3n) is 4.36. The van der Waals surface area contributed by atoms with E-state index in [0.29, 0.717) is 29.3 Å². The average molecular weight is 443 g/mol. The van der Waals surface area contributed by atoms with Gasteiger partial charge < -0.3 is 16.4 Å². The second-order valence-corrected chi connectivity index (χ2v) is 6.67. The molecule has 3 aromatic rings. The molecule has 0 atom stereocenters. The van der Waals surface area contributed by atoms with Crippen LogP contribution in [0.1, 0.15) is 16.7 Å². The number of alkyl halides is 3. The molecule has 0 bridgehead atoms. The fourth-order valence-electron chi connectivity index (χ4n) is 2.98. The second kappa shape index (κ2) is 9.34. The van der Waals surface area contributed by atoms with E-state index in [4.69, 9.17) is 5.73 Å². The first kappa shape index (κ1) is 22.5. The van der Waals surface area contributed by atoms with Crippen molar-refractivity contribution < 1.29 is 27.2 Å². The van der Waals surface area contributed by atoms with Crippen LogP contribution in [0.15, 0.2) is 78.9 Å². The van der Waals surface area contributed by atoms with Crippen molar-refractivity contribution in [1.29, 1.82) is 0 Å². The number of hydrogen-bond acceptors (Lipinski definition) is 2. The van der Waals surface area contributed by atoms with Crippen LogP contribution in [0.25, 0.3) is 5.57 Å². The Balaban J connectivity index is 1.78. The molecule has 0 fully saturated rings. The zero-order chi connectivity index (χ0) is 23.3. The van der Waals surface area contributed by atoms with Crippen LogP contribution < -0.4 is 16.4 Å². The van der Waals surface area contributed by atoms with Crippen molar-refractivity contribution >= 4 is 28.9 Å². The molecular formula is C23H17F4N3O2. The van der Waals surface area contributed by atoms with Gasteiger partial charge >= 0.3 is 12.2 Å².